The Morgan fingerprint density at radius 3 is 2.79 bits per heavy atom. The number of rotatable bonds is 11. The van der Waals surface area contributed by atoms with Gasteiger partial charge in [0.2, 0.25) is 0 Å². The Hall–Kier alpha value is 0.0969. The molecule has 0 saturated heterocycles. The summed E-state index contributed by atoms with van der Waals surface area (Å²) in [5.41, 5.74) is 1.27. The van der Waals surface area contributed by atoms with Crippen LogP contribution in [-0.4, -0.2) is 39.5 Å². The van der Waals surface area contributed by atoms with Crippen LogP contribution in [-0.2, 0) is 9.47 Å². The molecule has 0 aliphatic carbocycles. The van der Waals surface area contributed by atoms with Crippen molar-refractivity contribution in [1.29, 1.82) is 0 Å². The number of ether oxygens (including phenoxy) is 2. The first kappa shape index (κ1) is 22.1. The summed E-state index contributed by atoms with van der Waals surface area (Å²) in [6.07, 6.45) is 9.25. The minimum Gasteiger partial charge on any atom is -0.381 e. The van der Waals surface area contributed by atoms with Crippen molar-refractivity contribution in [2.24, 2.45) is 5.92 Å². The highest BCUT2D eigenvalue weighted by molar-refractivity contribution is 9.09. The zero-order chi connectivity index (χ0) is 18.2. The fourth-order valence-corrected chi connectivity index (χ4v) is 3.51. The summed E-state index contributed by atoms with van der Waals surface area (Å²) in [4.78, 5) is 0. The molecule has 3 unspecified atom stereocenters. The van der Waals surface area contributed by atoms with Gasteiger partial charge in [-0.2, -0.15) is 0 Å². The van der Waals surface area contributed by atoms with Crippen molar-refractivity contribution in [3.05, 3.63) is 24.3 Å². The van der Waals surface area contributed by atoms with E-state index >= 15 is 0 Å². The Morgan fingerprint density at radius 1 is 1.46 bits per heavy atom. The molecule has 1 aliphatic heterocycles. The van der Waals surface area contributed by atoms with Crippen LogP contribution in [0.25, 0.3) is 0 Å². The summed E-state index contributed by atoms with van der Waals surface area (Å²) in [5.74, 6) is 0.625. The van der Waals surface area contributed by atoms with Gasteiger partial charge in [-0.1, -0.05) is 74.1 Å². The quantitative estimate of drug-likeness (QED) is 0.185. The second-order valence-electron chi connectivity index (χ2n) is 8.37. The highest BCUT2D eigenvalue weighted by Crippen LogP contribution is 2.29. The first-order valence-electron chi connectivity index (χ1n) is 9.37. The number of hydrogen-bond donors (Lipinski definition) is 0. The van der Waals surface area contributed by atoms with Gasteiger partial charge in [0.15, 0.2) is 0 Å². The zero-order valence-electron chi connectivity index (χ0n) is 16.3. The van der Waals surface area contributed by atoms with Gasteiger partial charge in [0, 0.05) is 33.8 Å². The SMILES string of the molecule is C=C(CBr)CC(C)CC1CC=CC(CCOCC(C)(C)[SiH](C)C)O1. The van der Waals surface area contributed by atoms with E-state index in [1.54, 1.807) is 0 Å². The molecular formula is C20H37BrO2Si. The lowest BCUT2D eigenvalue weighted by Crippen LogP contribution is -2.29. The molecule has 1 heterocycles. The molecule has 24 heavy (non-hydrogen) atoms. The Morgan fingerprint density at radius 2 is 2.17 bits per heavy atom. The maximum Gasteiger partial charge on any atom is 0.0781 e. The van der Waals surface area contributed by atoms with E-state index in [-0.39, 0.29) is 6.10 Å². The molecule has 0 aromatic carbocycles. The normalized spacial score (nSPS) is 22.8. The third kappa shape index (κ3) is 8.46. The van der Waals surface area contributed by atoms with Crippen molar-refractivity contribution in [3.8, 4) is 0 Å². The van der Waals surface area contributed by atoms with E-state index in [0.717, 1.165) is 44.2 Å². The molecule has 0 N–H and O–H groups in total. The van der Waals surface area contributed by atoms with Crippen molar-refractivity contribution in [1.82, 2.24) is 0 Å². The van der Waals surface area contributed by atoms with Crippen LogP contribution in [0.1, 0.15) is 46.5 Å². The monoisotopic (exact) mass is 416 g/mol. The van der Waals surface area contributed by atoms with Crippen molar-refractivity contribution < 1.29 is 9.47 Å². The van der Waals surface area contributed by atoms with E-state index in [0.29, 0.717) is 17.1 Å². The van der Waals surface area contributed by atoms with E-state index in [1.807, 2.05) is 0 Å². The maximum atomic E-state index is 6.25. The minimum atomic E-state index is -0.679. The predicted molar refractivity (Wildman–Crippen MR) is 112 cm³/mol. The highest BCUT2D eigenvalue weighted by Gasteiger charge is 2.24. The number of alkyl halides is 1. The third-order valence-electron chi connectivity index (χ3n) is 5.19. The number of allylic oxidation sites excluding steroid dienone is 1. The first-order valence-corrected chi connectivity index (χ1v) is 13.4. The van der Waals surface area contributed by atoms with Gasteiger partial charge < -0.3 is 9.47 Å². The smallest absolute Gasteiger partial charge is 0.0781 e. The topological polar surface area (TPSA) is 18.5 Å². The molecule has 0 amide bonds. The van der Waals surface area contributed by atoms with Crippen LogP contribution in [0.2, 0.25) is 18.1 Å². The molecule has 0 aromatic rings. The Bertz CT molecular complexity index is 406. The van der Waals surface area contributed by atoms with E-state index in [2.05, 4.69) is 68.5 Å². The van der Waals surface area contributed by atoms with Crippen molar-refractivity contribution >= 4 is 24.7 Å². The molecule has 4 heteroatoms. The zero-order valence-corrected chi connectivity index (χ0v) is 19.1. The summed E-state index contributed by atoms with van der Waals surface area (Å²) < 4.78 is 12.2. The molecule has 140 valence electrons. The van der Waals surface area contributed by atoms with Crippen molar-refractivity contribution in [2.75, 3.05) is 18.5 Å². The van der Waals surface area contributed by atoms with E-state index in [1.165, 1.54) is 5.57 Å². The number of hydrogen-bond acceptors (Lipinski definition) is 2. The van der Waals surface area contributed by atoms with Crippen LogP contribution in [0.3, 0.4) is 0 Å². The highest BCUT2D eigenvalue weighted by atomic mass is 79.9. The molecule has 3 atom stereocenters. The van der Waals surface area contributed by atoms with Gasteiger partial charge in [-0.05, 0) is 30.2 Å². The molecule has 0 aromatic heterocycles. The molecule has 0 saturated carbocycles. The van der Waals surface area contributed by atoms with Crippen LogP contribution in [0.15, 0.2) is 24.3 Å². The second-order valence-corrected chi connectivity index (χ2v) is 12.8. The molecule has 0 bridgehead atoms. The molecular weight excluding hydrogens is 380 g/mol. The summed E-state index contributed by atoms with van der Waals surface area (Å²) in [7, 11) is -0.679. The summed E-state index contributed by atoms with van der Waals surface area (Å²) in [6.45, 7) is 17.5. The average molecular weight is 418 g/mol. The lowest BCUT2D eigenvalue weighted by atomic mass is 9.94. The van der Waals surface area contributed by atoms with Crippen LogP contribution < -0.4 is 0 Å². The molecule has 0 fully saturated rings. The van der Waals surface area contributed by atoms with Gasteiger partial charge in [0.05, 0.1) is 12.2 Å². The van der Waals surface area contributed by atoms with Crippen LogP contribution in [0.4, 0.5) is 0 Å². The van der Waals surface area contributed by atoms with Crippen LogP contribution >= 0.6 is 15.9 Å². The largest absolute Gasteiger partial charge is 0.381 e. The van der Waals surface area contributed by atoms with E-state index < -0.39 is 8.80 Å². The van der Waals surface area contributed by atoms with Crippen molar-refractivity contribution in [3.63, 3.8) is 0 Å². The minimum absolute atomic E-state index is 0.217. The van der Waals surface area contributed by atoms with E-state index in [4.69, 9.17) is 9.47 Å². The Balaban J connectivity index is 2.27. The van der Waals surface area contributed by atoms with Crippen molar-refractivity contribution in [2.45, 2.75) is 76.8 Å². The van der Waals surface area contributed by atoms with Gasteiger partial charge in [-0.25, -0.2) is 0 Å². The Kier molecular flexibility index (Phi) is 10.1. The Labute approximate surface area is 159 Å². The summed E-state index contributed by atoms with van der Waals surface area (Å²) in [5, 5.41) is 1.28. The molecule has 0 spiro atoms. The van der Waals surface area contributed by atoms with Crippen LogP contribution in [0, 0.1) is 5.92 Å². The fraction of sp³-hybridized carbons (Fsp3) is 0.800. The molecule has 2 nitrogen and oxygen atoms in total. The molecule has 1 rings (SSSR count). The average Bonchev–Trinajstić information content (AvgIpc) is 2.51. The predicted octanol–water partition coefficient (Wildman–Crippen LogP) is 5.74. The van der Waals surface area contributed by atoms with Gasteiger partial charge in [-0.15, -0.1) is 0 Å². The van der Waals surface area contributed by atoms with Gasteiger partial charge in [-0.3, -0.25) is 0 Å². The lowest BCUT2D eigenvalue weighted by Gasteiger charge is -2.30. The lowest BCUT2D eigenvalue weighted by molar-refractivity contribution is -0.0229. The van der Waals surface area contributed by atoms with Gasteiger partial charge in [0.25, 0.3) is 0 Å². The summed E-state index contributed by atoms with van der Waals surface area (Å²) in [6, 6.07) is 0. The standard InChI is InChI=1S/C20H37BrO2Si/c1-16(12-17(2)14-21)13-19-9-7-8-18(23-19)10-11-22-15-20(3,4)24(5)6/h7-8,16,18-19,24H,2,9-15H2,1,3-6H3. The second kappa shape index (κ2) is 10.9. The molecule has 1 aliphatic rings. The van der Waals surface area contributed by atoms with Gasteiger partial charge in [0.1, 0.15) is 0 Å². The summed E-state index contributed by atoms with van der Waals surface area (Å²) >= 11 is 3.48. The first-order chi connectivity index (χ1) is 11.2. The van der Waals surface area contributed by atoms with Crippen LogP contribution in [0.5, 0.6) is 0 Å². The number of halogens is 1. The fourth-order valence-electron chi connectivity index (χ4n) is 2.83. The van der Waals surface area contributed by atoms with Gasteiger partial charge >= 0.3 is 0 Å². The third-order valence-corrected chi connectivity index (χ3v) is 9.28. The molecule has 0 radical (unpaired) electrons. The van der Waals surface area contributed by atoms with E-state index in [9.17, 15) is 0 Å². The maximum absolute atomic E-state index is 6.25.